The van der Waals surface area contributed by atoms with E-state index in [1.54, 1.807) is 30.1 Å². The van der Waals surface area contributed by atoms with Crippen molar-refractivity contribution in [2.75, 3.05) is 0 Å². The molecule has 0 saturated heterocycles. The number of nitrogens with one attached hydrogen (secondary N) is 1. The number of hydrogen-bond donors (Lipinski definition) is 2. The monoisotopic (exact) mass is 339 g/mol. The standard InChI is InChI=1S/C13H14BrN3OS/c14-9-5-6-10-12(9)19-13(16-10)17-15-7-8-3-1-2-4-11(8)18/h1-4,7,9-10,12,18H,5-6H2,(H,16,17)/b15-7-/t9-,10-,12-/m1/s1. The number of phenols is 1. The van der Waals surface area contributed by atoms with Gasteiger partial charge >= 0.3 is 0 Å². The number of aliphatic imine (C=N–C) groups is 1. The molecule has 19 heavy (non-hydrogen) atoms. The molecule has 100 valence electrons. The van der Waals surface area contributed by atoms with E-state index in [-0.39, 0.29) is 5.75 Å². The minimum Gasteiger partial charge on any atom is -0.507 e. The molecule has 2 aliphatic rings. The maximum Gasteiger partial charge on any atom is 0.177 e. The number of rotatable bonds is 2. The Labute approximate surface area is 124 Å². The van der Waals surface area contributed by atoms with Crippen LogP contribution in [0.1, 0.15) is 18.4 Å². The lowest BCUT2D eigenvalue weighted by molar-refractivity contribution is 0.474. The van der Waals surface area contributed by atoms with E-state index in [4.69, 9.17) is 0 Å². The van der Waals surface area contributed by atoms with Gasteiger partial charge in [-0.15, -0.1) is 0 Å². The number of para-hydroxylation sites is 1. The van der Waals surface area contributed by atoms with E-state index >= 15 is 0 Å². The number of hydrogen-bond acceptors (Lipinski definition) is 5. The summed E-state index contributed by atoms with van der Waals surface area (Å²) >= 11 is 5.44. The largest absolute Gasteiger partial charge is 0.507 e. The van der Waals surface area contributed by atoms with Crippen LogP contribution in [0, 0.1) is 0 Å². The molecule has 0 aromatic heterocycles. The number of benzene rings is 1. The third-order valence-electron chi connectivity index (χ3n) is 3.31. The van der Waals surface area contributed by atoms with Crippen molar-refractivity contribution in [1.29, 1.82) is 0 Å². The van der Waals surface area contributed by atoms with E-state index in [0.717, 1.165) is 11.6 Å². The smallest absolute Gasteiger partial charge is 0.177 e. The molecule has 4 nitrogen and oxygen atoms in total. The van der Waals surface area contributed by atoms with Crippen molar-refractivity contribution in [3.63, 3.8) is 0 Å². The molecule has 1 aliphatic heterocycles. The first-order chi connectivity index (χ1) is 9.24. The topological polar surface area (TPSA) is 57.0 Å². The Morgan fingerprint density at radius 2 is 2.26 bits per heavy atom. The van der Waals surface area contributed by atoms with Crippen molar-refractivity contribution in [2.45, 2.75) is 29.0 Å². The number of thioether (sulfide) groups is 1. The van der Waals surface area contributed by atoms with Gasteiger partial charge in [-0.1, -0.05) is 39.8 Å². The first-order valence-corrected chi connectivity index (χ1v) is 7.99. The maximum absolute atomic E-state index is 9.61. The fourth-order valence-electron chi connectivity index (χ4n) is 2.31. The van der Waals surface area contributed by atoms with Crippen LogP contribution in [0.3, 0.4) is 0 Å². The summed E-state index contributed by atoms with van der Waals surface area (Å²) in [5.41, 5.74) is 3.65. The van der Waals surface area contributed by atoms with E-state index in [9.17, 15) is 5.11 Å². The average Bonchev–Trinajstić information content (AvgIpc) is 2.95. The molecular formula is C13H14BrN3OS. The van der Waals surface area contributed by atoms with Gasteiger partial charge in [-0.2, -0.15) is 5.10 Å². The van der Waals surface area contributed by atoms with Gasteiger partial charge < -0.3 is 5.11 Å². The highest BCUT2D eigenvalue weighted by atomic mass is 79.9. The summed E-state index contributed by atoms with van der Waals surface area (Å²) in [7, 11) is 0. The van der Waals surface area contributed by atoms with E-state index in [1.807, 2.05) is 12.1 Å². The summed E-state index contributed by atoms with van der Waals surface area (Å²) in [6.45, 7) is 0. The fraction of sp³-hybridized carbons (Fsp3) is 0.385. The normalized spacial score (nSPS) is 29.5. The highest BCUT2D eigenvalue weighted by Crippen LogP contribution is 2.41. The molecule has 3 rings (SSSR count). The molecular weight excluding hydrogens is 326 g/mol. The fourth-order valence-corrected chi connectivity index (χ4v) is 4.45. The molecule has 3 atom stereocenters. The number of amidine groups is 1. The number of hydrazone groups is 1. The van der Waals surface area contributed by atoms with Gasteiger partial charge in [0.1, 0.15) is 5.75 Å². The van der Waals surface area contributed by atoms with Gasteiger partial charge in [-0.05, 0) is 25.0 Å². The third kappa shape index (κ3) is 2.79. The highest BCUT2D eigenvalue weighted by molar-refractivity contribution is 9.09. The zero-order chi connectivity index (χ0) is 13.2. The number of alkyl halides is 1. The summed E-state index contributed by atoms with van der Waals surface area (Å²) in [6, 6.07) is 7.52. The van der Waals surface area contributed by atoms with Crippen LogP contribution >= 0.6 is 27.7 Å². The van der Waals surface area contributed by atoms with Gasteiger partial charge in [0.05, 0.1) is 12.3 Å². The number of aromatic hydroxyl groups is 1. The molecule has 1 heterocycles. The first kappa shape index (κ1) is 13.0. The molecule has 1 saturated carbocycles. The zero-order valence-electron chi connectivity index (χ0n) is 10.2. The van der Waals surface area contributed by atoms with E-state index < -0.39 is 0 Å². The molecule has 0 bridgehead atoms. The van der Waals surface area contributed by atoms with Crippen LogP contribution < -0.4 is 5.43 Å². The van der Waals surface area contributed by atoms with Crippen molar-refractivity contribution in [3.05, 3.63) is 29.8 Å². The summed E-state index contributed by atoms with van der Waals surface area (Å²) in [5, 5.41) is 15.1. The Kier molecular flexibility index (Phi) is 3.79. The molecule has 6 heteroatoms. The minimum absolute atomic E-state index is 0.228. The Hall–Kier alpha value is -1.01. The Bertz CT molecular complexity index is 534. The second kappa shape index (κ2) is 5.54. The van der Waals surface area contributed by atoms with E-state index in [1.165, 1.54) is 6.42 Å². The lowest BCUT2D eigenvalue weighted by atomic mass is 10.2. The van der Waals surface area contributed by atoms with Crippen LogP contribution in [0.15, 0.2) is 34.4 Å². The van der Waals surface area contributed by atoms with Crippen molar-refractivity contribution >= 4 is 39.1 Å². The molecule has 1 aromatic carbocycles. The molecule has 0 spiro atoms. The third-order valence-corrected chi connectivity index (χ3v) is 6.02. The molecule has 0 radical (unpaired) electrons. The zero-order valence-corrected chi connectivity index (χ0v) is 12.6. The summed E-state index contributed by atoms with van der Waals surface area (Å²) in [6.07, 6.45) is 3.94. The van der Waals surface area contributed by atoms with Crippen molar-refractivity contribution in [3.8, 4) is 5.75 Å². The van der Waals surface area contributed by atoms with Crippen LogP contribution in [0.25, 0.3) is 0 Å². The minimum atomic E-state index is 0.228. The van der Waals surface area contributed by atoms with Gasteiger partial charge in [0, 0.05) is 15.6 Å². The van der Waals surface area contributed by atoms with Crippen LogP contribution in [0.5, 0.6) is 5.75 Å². The molecule has 0 amide bonds. The molecule has 0 unspecified atom stereocenters. The average molecular weight is 340 g/mol. The number of nitrogens with zero attached hydrogens (tertiary/aromatic N) is 2. The second-order valence-electron chi connectivity index (χ2n) is 4.61. The Morgan fingerprint density at radius 1 is 1.42 bits per heavy atom. The quantitative estimate of drug-likeness (QED) is 0.494. The summed E-state index contributed by atoms with van der Waals surface area (Å²) in [5.74, 6) is 0.228. The number of phenolic OH excluding ortho intramolecular Hbond substituents is 1. The first-order valence-electron chi connectivity index (χ1n) is 6.19. The number of halogens is 1. The second-order valence-corrected chi connectivity index (χ2v) is 6.95. The predicted molar refractivity (Wildman–Crippen MR) is 83.4 cm³/mol. The highest BCUT2D eigenvalue weighted by Gasteiger charge is 2.40. The van der Waals surface area contributed by atoms with Gasteiger partial charge in [-0.25, -0.2) is 0 Å². The van der Waals surface area contributed by atoms with Crippen molar-refractivity contribution in [1.82, 2.24) is 5.43 Å². The maximum atomic E-state index is 9.61. The van der Waals surface area contributed by atoms with Crippen molar-refractivity contribution < 1.29 is 5.11 Å². The van der Waals surface area contributed by atoms with Gasteiger partial charge in [-0.3, -0.25) is 10.4 Å². The Morgan fingerprint density at radius 3 is 3.05 bits per heavy atom. The van der Waals surface area contributed by atoms with E-state index in [2.05, 4.69) is 31.4 Å². The molecule has 1 aliphatic carbocycles. The number of fused-ring (bicyclic) bond motifs is 1. The van der Waals surface area contributed by atoms with Crippen LogP contribution in [-0.4, -0.2) is 32.6 Å². The predicted octanol–water partition coefficient (Wildman–Crippen LogP) is 2.71. The van der Waals surface area contributed by atoms with Gasteiger partial charge in [0.15, 0.2) is 5.17 Å². The molecule has 1 fully saturated rings. The van der Waals surface area contributed by atoms with Gasteiger partial charge in [0.2, 0.25) is 0 Å². The van der Waals surface area contributed by atoms with Crippen LogP contribution in [0.4, 0.5) is 0 Å². The molecule has 1 aromatic rings. The summed E-state index contributed by atoms with van der Waals surface area (Å²) in [4.78, 5) is 5.17. The van der Waals surface area contributed by atoms with Crippen LogP contribution in [-0.2, 0) is 0 Å². The van der Waals surface area contributed by atoms with E-state index in [0.29, 0.717) is 21.7 Å². The molecule has 2 N–H and O–H groups in total. The SMILES string of the molecule is Oc1ccccc1/C=N\NC1=N[C@@H]2CC[C@@H](Br)[C@H]2S1. The summed E-state index contributed by atoms with van der Waals surface area (Å²) < 4.78 is 0. The lowest BCUT2D eigenvalue weighted by Crippen LogP contribution is -2.17. The lowest BCUT2D eigenvalue weighted by Gasteiger charge is -2.09. The van der Waals surface area contributed by atoms with Gasteiger partial charge in [0.25, 0.3) is 0 Å². The van der Waals surface area contributed by atoms with Crippen LogP contribution in [0.2, 0.25) is 0 Å². The van der Waals surface area contributed by atoms with Crippen molar-refractivity contribution in [2.24, 2.45) is 10.1 Å². The Balaban J connectivity index is 1.61.